The number of pyridine rings is 1. The average molecular weight is 301 g/mol. The molecule has 0 aliphatic rings. The lowest BCUT2D eigenvalue weighted by atomic mass is 9.91. The van der Waals surface area contributed by atoms with Gasteiger partial charge in [0.2, 0.25) is 0 Å². The van der Waals surface area contributed by atoms with Crippen molar-refractivity contribution < 1.29 is 8.78 Å². The maximum atomic E-state index is 14.2. The lowest BCUT2D eigenvalue weighted by molar-refractivity contribution is 0.603. The maximum absolute atomic E-state index is 14.2. The van der Waals surface area contributed by atoms with Gasteiger partial charge in [0.05, 0.1) is 0 Å². The number of nitrogens with two attached hydrogens (primary N) is 1. The Morgan fingerprint density at radius 1 is 1.27 bits per heavy atom. The summed E-state index contributed by atoms with van der Waals surface area (Å²) < 4.78 is 27.8. The van der Waals surface area contributed by atoms with Crippen LogP contribution in [0.2, 0.25) is 0 Å². The molecular weight excluding hydrogens is 284 g/mol. The van der Waals surface area contributed by atoms with Crippen molar-refractivity contribution in [2.24, 2.45) is 0 Å². The van der Waals surface area contributed by atoms with Gasteiger partial charge < -0.3 is 5.73 Å². The van der Waals surface area contributed by atoms with Gasteiger partial charge in [0.15, 0.2) is 0 Å². The van der Waals surface area contributed by atoms with Crippen LogP contribution in [0.25, 0.3) is 11.1 Å². The van der Waals surface area contributed by atoms with Gasteiger partial charge in [-0.05, 0) is 36.6 Å². The van der Waals surface area contributed by atoms with Gasteiger partial charge in [-0.25, -0.2) is 13.8 Å². The first-order chi connectivity index (χ1) is 10.5. The van der Waals surface area contributed by atoms with Crippen molar-refractivity contribution in [3.63, 3.8) is 0 Å². The van der Waals surface area contributed by atoms with Crippen LogP contribution in [-0.2, 0) is 12.8 Å². The van der Waals surface area contributed by atoms with Crippen molar-refractivity contribution in [3.8, 4) is 17.2 Å². The van der Waals surface area contributed by atoms with Crippen LogP contribution in [0.3, 0.4) is 0 Å². The minimum absolute atomic E-state index is 0.0554. The topological polar surface area (TPSA) is 62.7 Å². The summed E-state index contributed by atoms with van der Waals surface area (Å²) in [4.78, 5) is 4.28. The Labute approximate surface area is 128 Å². The van der Waals surface area contributed by atoms with Crippen molar-refractivity contribution >= 4 is 5.82 Å². The summed E-state index contributed by atoms with van der Waals surface area (Å²) in [6.45, 7) is 3.90. The highest BCUT2D eigenvalue weighted by atomic mass is 19.1. The minimum Gasteiger partial charge on any atom is -0.383 e. The Morgan fingerprint density at radius 2 is 2.00 bits per heavy atom. The number of anilines is 1. The SMILES string of the molecule is CCCc1nc(N)c(C#N)c(-c2cc(F)ccc2F)c1CC. The lowest BCUT2D eigenvalue weighted by Crippen LogP contribution is -2.08. The smallest absolute Gasteiger partial charge is 0.142 e. The number of benzene rings is 1. The van der Waals surface area contributed by atoms with Crippen molar-refractivity contribution in [2.45, 2.75) is 33.1 Å². The molecule has 0 bridgehead atoms. The van der Waals surface area contributed by atoms with Gasteiger partial charge in [-0.2, -0.15) is 5.26 Å². The van der Waals surface area contributed by atoms with Crippen LogP contribution in [0.5, 0.6) is 0 Å². The van der Waals surface area contributed by atoms with Gasteiger partial charge in [0, 0.05) is 16.8 Å². The van der Waals surface area contributed by atoms with E-state index in [1.165, 1.54) is 0 Å². The fourth-order valence-electron chi connectivity index (χ4n) is 2.62. The Morgan fingerprint density at radius 3 is 2.59 bits per heavy atom. The number of hydrogen-bond donors (Lipinski definition) is 1. The molecule has 1 aromatic carbocycles. The molecule has 1 aromatic heterocycles. The van der Waals surface area contributed by atoms with E-state index in [1.54, 1.807) is 0 Å². The quantitative estimate of drug-likeness (QED) is 0.928. The Kier molecular flexibility index (Phi) is 4.71. The zero-order valence-electron chi connectivity index (χ0n) is 12.6. The number of nitriles is 1. The molecule has 0 aliphatic carbocycles. The van der Waals surface area contributed by atoms with E-state index in [0.29, 0.717) is 18.4 Å². The van der Waals surface area contributed by atoms with Gasteiger partial charge in [-0.15, -0.1) is 0 Å². The summed E-state index contributed by atoms with van der Waals surface area (Å²) in [6.07, 6.45) is 2.07. The van der Waals surface area contributed by atoms with Crippen LogP contribution in [0.4, 0.5) is 14.6 Å². The molecule has 0 radical (unpaired) electrons. The fraction of sp³-hybridized carbons (Fsp3) is 0.294. The number of hydrogen-bond acceptors (Lipinski definition) is 3. The van der Waals surface area contributed by atoms with Crippen molar-refractivity contribution in [1.82, 2.24) is 4.98 Å². The molecule has 2 aromatic rings. The first-order valence-corrected chi connectivity index (χ1v) is 7.20. The fourth-order valence-corrected chi connectivity index (χ4v) is 2.62. The third kappa shape index (κ3) is 2.77. The van der Waals surface area contributed by atoms with E-state index in [0.717, 1.165) is 35.9 Å². The average Bonchev–Trinajstić information content (AvgIpc) is 2.49. The maximum Gasteiger partial charge on any atom is 0.142 e. The van der Waals surface area contributed by atoms with Crippen LogP contribution in [0.15, 0.2) is 18.2 Å². The van der Waals surface area contributed by atoms with E-state index in [9.17, 15) is 14.0 Å². The highest BCUT2D eigenvalue weighted by molar-refractivity contribution is 5.79. The number of nitrogen functional groups attached to an aromatic ring is 1. The molecule has 0 saturated heterocycles. The van der Waals surface area contributed by atoms with Crippen LogP contribution in [0, 0.1) is 23.0 Å². The van der Waals surface area contributed by atoms with E-state index in [2.05, 4.69) is 4.98 Å². The van der Waals surface area contributed by atoms with Gasteiger partial charge in [-0.1, -0.05) is 20.3 Å². The summed E-state index contributed by atoms with van der Waals surface area (Å²) in [5.74, 6) is -1.09. The second kappa shape index (κ2) is 6.52. The number of halogens is 2. The summed E-state index contributed by atoms with van der Waals surface area (Å²) >= 11 is 0. The van der Waals surface area contributed by atoms with E-state index in [-0.39, 0.29) is 16.9 Å². The molecule has 114 valence electrons. The third-order valence-corrected chi connectivity index (χ3v) is 3.56. The van der Waals surface area contributed by atoms with E-state index in [4.69, 9.17) is 5.73 Å². The van der Waals surface area contributed by atoms with Crippen molar-refractivity contribution in [1.29, 1.82) is 5.26 Å². The van der Waals surface area contributed by atoms with Crippen LogP contribution in [0.1, 0.15) is 37.1 Å². The van der Waals surface area contributed by atoms with E-state index >= 15 is 0 Å². The first-order valence-electron chi connectivity index (χ1n) is 7.20. The van der Waals surface area contributed by atoms with Crippen molar-refractivity contribution in [3.05, 3.63) is 46.7 Å². The highest BCUT2D eigenvalue weighted by Crippen LogP contribution is 2.35. The summed E-state index contributed by atoms with van der Waals surface area (Å²) in [5.41, 5.74) is 7.86. The Hall–Kier alpha value is -2.48. The molecular formula is C17H17F2N3. The number of rotatable bonds is 4. The monoisotopic (exact) mass is 301 g/mol. The van der Waals surface area contributed by atoms with Gasteiger partial charge >= 0.3 is 0 Å². The number of nitrogens with zero attached hydrogens (tertiary/aromatic N) is 2. The van der Waals surface area contributed by atoms with E-state index < -0.39 is 11.6 Å². The predicted molar refractivity (Wildman–Crippen MR) is 82.1 cm³/mol. The molecule has 0 unspecified atom stereocenters. The molecule has 1 heterocycles. The zero-order valence-corrected chi connectivity index (χ0v) is 12.6. The molecule has 3 nitrogen and oxygen atoms in total. The third-order valence-electron chi connectivity index (χ3n) is 3.56. The molecule has 2 rings (SSSR count). The molecule has 0 spiro atoms. The molecule has 0 atom stereocenters. The van der Waals surface area contributed by atoms with Gasteiger partial charge in [0.1, 0.15) is 29.1 Å². The minimum atomic E-state index is -0.583. The van der Waals surface area contributed by atoms with Crippen LogP contribution in [-0.4, -0.2) is 4.98 Å². The molecule has 2 N–H and O–H groups in total. The standard InChI is InChI=1S/C17H17F2N3/c1-3-5-15-11(4-2)16(13(9-20)17(21)22-15)12-8-10(18)6-7-14(12)19/h6-8H,3-5H2,1-2H3,(H2,21,22). The number of aryl methyl sites for hydroxylation is 1. The zero-order chi connectivity index (χ0) is 16.3. The van der Waals surface area contributed by atoms with Crippen LogP contribution < -0.4 is 5.73 Å². The summed E-state index contributed by atoms with van der Waals surface area (Å²) in [6, 6.07) is 5.18. The molecule has 0 amide bonds. The van der Waals surface area contributed by atoms with Gasteiger partial charge in [0.25, 0.3) is 0 Å². The normalized spacial score (nSPS) is 10.5. The molecule has 5 heteroatoms. The Balaban J connectivity index is 2.88. The highest BCUT2D eigenvalue weighted by Gasteiger charge is 2.21. The van der Waals surface area contributed by atoms with Crippen molar-refractivity contribution in [2.75, 3.05) is 5.73 Å². The summed E-state index contributed by atoms with van der Waals surface area (Å²) in [7, 11) is 0. The molecule has 0 aliphatic heterocycles. The van der Waals surface area contributed by atoms with Gasteiger partial charge in [-0.3, -0.25) is 0 Å². The second-order valence-corrected chi connectivity index (χ2v) is 5.01. The number of aromatic nitrogens is 1. The first kappa shape index (κ1) is 15.9. The molecule has 22 heavy (non-hydrogen) atoms. The largest absolute Gasteiger partial charge is 0.383 e. The molecule has 0 fully saturated rings. The Bertz CT molecular complexity index is 749. The second-order valence-electron chi connectivity index (χ2n) is 5.01. The summed E-state index contributed by atoms with van der Waals surface area (Å²) in [5, 5.41) is 9.38. The lowest BCUT2D eigenvalue weighted by Gasteiger charge is -2.17. The molecule has 0 saturated carbocycles. The van der Waals surface area contributed by atoms with Crippen LogP contribution >= 0.6 is 0 Å². The van der Waals surface area contributed by atoms with E-state index in [1.807, 2.05) is 19.9 Å². The predicted octanol–water partition coefficient (Wildman–Crippen LogP) is 4.00.